The van der Waals surface area contributed by atoms with Crippen molar-refractivity contribution >= 4 is 38.2 Å². The molecule has 0 fully saturated rings. The number of anilines is 2. The molecular formula is C17H16BrN3. The third-order valence-electron chi connectivity index (χ3n) is 3.42. The zero-order chi connectivity index (χ0) is 14.7. The number of hydrogen-bond acceptors (Lipinski definition) is 3. The summed E-state index contributed by atoms with van der Waals surface area (Å²) in [6.45, 7) is 0.833. The zero-order valence-electron chi connectivity index (χ0n) is 11.5. The molecule has 1 aromatic heterocycles. The Morgan fingerprint density at radius 1 is 1.10 bits per heavy atom. The SMILES string of the molecule is Nc1cnc2ccc(Br)cc2c1NCCc1ccccc1. The van der Waals surface area contributed by atoms with Gasteiger partial charge in [-0.1, -0.05) is 46.3 Å². The number of pyridine rings is 1. The minimum absolute atomic E-state index is 0.675. The van der Waals surface area contributed by atoms with Gasteiger partial charge in [0.25, 0.3) is 0 Å². The number of hydrogen-bond donors (Lipinski definition) is 2. The summed E-state index contributed by atoms with van der Waals surface area (Å²) in [6.07, 6.45) is 2.67. The molecule has 0 aliphatic carbocycles. The van der Waals surface area contributed by atoms with Gasteiger partial charge in [-0.2, -0.15) is 0 Å². The van der Waals surface area contributed by atoms with Crippen LogP contribution in [0.4, 0.5) is 11.4 Å². The number of halogens is 1. The van der Waals surface area contributed by atoms with Crippen molar-refractivity contribution in [1.29, 1.82) is 0 Å². The van der Waals surface area contributed by atoms with E-state index >= 15 is 0 Å². The van der Waals surface area contributed by atoms with Gasteiger partial charge in [-0.15, -0.1) is 0 Å². The normalized spacial score (nSPS) is 10.7. The molecule has 0 saturated heterocycles. The van der Waals surface area contributed by atoms with Gasteiger partial charge in [0, 0.05) is 16.4 Å². The highest BCUT2D eigenvalue weighted by molar-refractivity contribution is 9.10. The molecule has 3 N–H and O–H groups in total. The van der Waals surface area contributed by atoms with Gasteiger partial charge in [-0.25, -0.2) is 0 Å². The molecular weight excluding hydrogens is 326 g/mol. The van der Waals surface area contributed by atoms with Crippen LogP contribution in [-0.2, 0) is 6.42 Å². The summed E-state index contributed by atoms with van der Waals surface area (Å²) >= 11 is 3.50. The van der Waals surface area contributed by atoms with Crippen LogP contribution < -0.4 is 11.1 Å². The Labute approximate surface area is 132 Å². The first-order valence-electron chi connectivity index (χ1n) is 6.85. The smallest absolute Gasteiger partial charge is 0.0743 e. The molecule has 0 radical (unpaired) electrons. The van der Waals surface area contributed by atoms with E-state index in [0.29, 0.717) is 5.69 Å². The van der Waals surface area contributed by atoms with E-state index in [2.05, 4.69) is 50.5 Å². The van der Waals surface area contributed by atoms with Crippen molar-refractivity contribution in [3.8, 4) is 0 Å². The van der Waals surface area contributed by atoms with Crippen LogP contribution in [0.3, 0.4) is 0 Å². The minimum atomic E-state index is 0.675. The summed E-state index contributed by atoms with van der Waals surface area (Å²) in [5.41, 5.74) is 9.95. The lowest BCUT2D eigenvalue weighted by Gasteiger charge is -2.12. The molecule has 0 saturated carbocycles. The number of nitrogens with zero attached hydrogens (tertiary/aromatic N) is 1. The standard InChI is InChI=1S/C17H16BrN3/c18-13-6-7-16-14(10-13)17(15(19)11-21-16)20-9-8-12-4-2-1-3-5-12/h1-7,10-11H,8-9,19H2,(H,20,21). The molecule has 3 rings (SSSR count). The van der Waals surface area contributed by atoms with E-state index in [4.69, 9.17) is 5.73 Å². The first-order valence-corrected chi connectivity index (χ1v) is 7.65. The van der Waals surface area contributed by atoms with Crippen molar-refractivity contribution < 1.29 is 0 Å². The van der Waals surface area contributed by atoms with Crippen LogP contribution in [0.1, 0.15) is 5.56 Å². The van der Waals surface area contributed by atoms with Crippen LogP contribution in [0.15, 0.2) is 59.2 Å². The van der Waals surface area contributed by atoms with E-state index in [-0.39, 0.29) is 0 Å². The van der Waals surface area contributed by atoms with Crippen LogP contribution in [0.5, 0.6) is 0 Å². The highest BCUT2D eigenvalue weighted by atomic mass is 79.9. The molecule has 3 nitrogen and oxygen atoms in total. The van der Waals surface area contributed by atoms with Gasteiger partial charge in [0.15, 0.2) is 0 Å². The van der Waals surface area contributed by atoms with Crippen molar-refractivity contribution in [2.24, 2.45) is 0 Å². The van der Waals surface area contributed by atoms with E-state index in [9.17, 15) is 0 Å². The summed E-state index contributed by atoms with van der Waals surface area (Å²) in [6, 6.07) is 16.4. The number of nitrogen functional groups attached to an aromatic ring is 1. The molecule has 0 bridgehead atoms. The number of benzene rings is 2. The molecule has 0 atom stereocenters. The van der Waals surface area contributed by atoms with Crippen LogP contribution in [0.25, 0.3) is 10.9 Å². The molecule has 21 heavy (non-hydrogen) atoms. The predicted molar refractivity (Wildman–Crippen MR) is 92.5 cm³/mol. The number of rotatable bonds is 4. The Bertz CT molecular complexity index is 751. The summed E-state index contributed by atoms with van der Waals surface area (Å²) in [5.74, 6) is 0. The zero-order valence-corrected chi connectivity index (χ0v) is 13.1. The lowest BCUT2D eigenvalue weighted by atomic mass is 10.1. The fourth-order valence-electron chi connectivity index (χ4n) is 2.35. The molecule has 3 aromatic rings. The average molecular weight is 342 g/mol. The molecule has 0 aliphatic rings. The number of aromatic nitrogens is 1. The van der Waals surface area contributed by atoms with Gasteiger partial charge in [0.2, 0.25) is 0 Å². The number of fused-ring (bicyclic) bond motifs is 1. The number of nitrogens with one attached hydrogen (secondary N) is 1. The van der Waals surface area contributed by atoms with Gasteiger partial charge < -0.3 is 11.1 Å². The van der Waals surface area contributed by atoms with E-state index in [1.54, 1.807) is 6.20 Å². The molecule has 0 spiro atoms. The third-order valence-corrected chi connectivity index (χ3v) is 3.91. The van der Waals surface area contributed by atoms with Gasteiger partial charge in [-0.3, -0.25) is 4.98 Å². The first-order chi connectivity index (χ1) is 10.2. The van der Waals surface area contributed by atoms with E-state index in [1.807, 2.05) is 24.3 Å². The molecule has 0 unspecified atom stereocenters. The maximum Gasteiger partial charge on any atom is 0.0743 e. The Balaban J connectivity index is 1.83. The summed E-state index contributed by atoms with van der Waals surface area (Å²) < 4.78 is 1.02. The van der Waals surface area contributed by atoms with Crippen LogP contribution >= 0.6 is 15.9 Å². The fraction of sp³-hybridized carbons (Fsp3) is 0.118. The molecule has 0 aliphatic heterocycles. The van der Waals surface area contributed by atoms with Crippen molar-refractivity contribution in [2.45, 2.75) is 6.42 Å². The fourth-order valence-corrected chi connectivity index (χ4v) is 2.72. The summed E-state index contributed by atoms with van der Waals surface area (Å²) in [4.78, 5) is 4.36. The lowest BCUT2D eigenvalue weighted by molar-refractivity contribution is 1.02. The van der Waals surface area contributed by atoms with Gasteiger partial charge >= 0.3 is 0 Å². The third kappa shape index (κ3) is 3.16. The summed E-state index contributed by atoms with van der Waals surface area (Å²) in [5, 5.41) is 4.49. The van der Waals surface area contributed by atoms with Crippen molar-refractivity contribution in [3.05, 3.63) is 64.8 Å². The second kappa shape index (κ2) is 6.14. The predicted octanol–water partition coefficient (Wildman–Crippen LogP) is 4.23. The van der Waals surface area contributed by atoms with Crippen molar-refractivity contribution in [2.75, 3.05) is 17.6 Å². The molecule has 0 amide bonds. The maximum atomic E-state index is 6.08. The number of nitrogens with two attached hydrogens (primary N) is 1. The Kier molecular flexibility index (Phi) is 4.06. The summed E-state index contributed by atoms with van der Waals surface area (Å²) in [7, 11) is 0. The highest BCUT2D eigenvalue weighted by Gasteiger charge is 2.07. The Morgan fingerprint density at radius 3 is 2.71 bits per heavy atom. The van der Waals surface area contributed by atoms with Crippen molar-refractivity contribution in [3.63, 3.8) is 0 Å². The van der Waals surface area contributed by atoms with Crippen LogP contribution in [0, 0.1) is 0 Å². The second-order valence-corrected chi connectivity index (χ2v) is 5.83. The molecule has 1 heterocycles. The largest absolute Gasteiger partial charge is 0.396 e. The van der Waals surface area contributed by atoms with Crippen LogP contribution in [0.2, 0.25) is 0 Å². The van der Waals surface area contributed by atoms with Crippen molar-refractivity contribution in [1.82, 2.24) is 4.98 Å². The quantitative estimate of drug-likeness (QED) is 0.746. The maximum absolute atomic E-state index is 6.08. The molecule has 2 aromatic carbocycles. The molecule has 106 valence electrons. The van der Waals surface area contributed by atoms with Crippen LogP contribution in [-0.4, -0.2) is 11.5 Å². The minimum Gasteiger partial charge on any atom is -0.396 e. The van der Waals surface area contributed by atoms with E-state index < -0.39 is 0 Å². The second-order valence-electron chi connectivity index (χ2n) is 4.91. The van der Waals surface area contributed by atoms with Gasteiger partial charge in [0.05, 0.1) is 23.1 Å². The monoisotopic (exact) mass is 341 g/mol. The van der Waals surface area contributed by atoms with Gasteiger partial charge in [0.1, 0.15) is 0 Å². The average Bonchev–Trinajstić information content (AvgIpc) is 2.50. The first kappa shape index (κ1) is 13.9. The lowest BCUT2D eigenvalue weighted by Crippen LogP contribution is -2.08. The topological polar surface area (TPSA) is 50.9 Å². The van der Waals surface area contributed by atoms with E-state index in [0.717, 1.165) is 34.0 Å². The Morgan fingerprint density at radius 2 is 1.90 bits per heavy atom. The Hall–Kier alpha value is -2.07. The van der Waals surface area contributed by atoms with E-state index in [1.165, 1.54) is 5.56 Å². The highest BCUT2D eigenvalue weighted by Crippen LogP contribution is 2.29. The van der Waals surface area contributed by atoms with Gasteiger partial charge in [-0.05, 0) is 30.2 Å². The molecule has 4 heteroatoms.